The lowest BCUT2D eigenvalue weighted by Crippen LogP contribution is -2.54. The zero-order chi connectivity index (χ0) is 26.2. The van der Waals surface area contributed by atoms with Crippen LogP contribution in [0.5, 0.6) is 0 Å². The van der Waals surface area contributed by atoms with Crippen molar-refractivity contribution < 1.29 is 23.9 Å². The van der Waals surface area contributed by atoms with E-state index in [-0.39, 0.29) is 16.9 Å². The number of halogens is 1. The minimum Gasteiger partial charge on any atom is -0.444 e. The molecule has 8 nitrogen and oxygen atoms in total. The average molecular weight is 526 g/mol. The molecule has 1 aliphatic heterocycles. The maximum atomic E-state index is 13.1. The highest BCUT2D eigenvalue weighted by Crippen LogP contribution is 2.22. The zero-order valence-electron chi connectivity index (χ0n) is 21.1. The van der Waals surface area contributed by atoms with Gasteiger partial charge < -0.3 is 20.3 Å². The Hall–Kier alpha value is -2.26. The maximum absolute atomic E-state index is 13.1. The molecule has 0 aliphatic carbocycles. The normalized spacial score (nSPS) is 17.4. The number of nitrogens with zero attached hydrogens (tertiary/aromatic N) is 1. The second-order valence-corrected chi connectivity index (χ2v) is 11.1. The van der Waals surface area contributed by atoms with E-state index in [1.165, 1.54) is 4.90 Å². The SMILES string of the molecule is CCCC(NC(=O)C1CCCN1C(=O)[C@H](C)NC(=O)OC(C)(C)C)C(=O)SCc1ccc(Cl)cc1. The molecule has 1 aliphatic rings. The molecule has 1 aromatic carbocycles. The Labute approximate surface area is 216 Å². The standard InChI is InChI=1S/C25H36ClN3O5S/c1-6-8-19(23(32)35-15-17-10-12-18(26)13-11-17)28-21(30)20-9-7-14-29(20)22(31)16(2)27-24(33)34-25(3,4)5/h10-13,16,19-20H,6-9,14-15H2,1-5H3,(H,27,33)(H,28,30)/t16-,19?,20?/m0/s1. The fourth-order valence-corrected chi connectivity index (χ4v) is 4.74. The molecule has 0 bridgehead atoms. The Morgan fingerprint density at radius 2 is 1.83 bits per heavy atom. The number of ether oxygens (including phenoxy) is 1. The van der Waals surface area contributed by atoms with E-state index in [0.29, 0.717) is 36.6 Å². The van der Waals surface area contributed by atoms with Gasteiger partial charge in [-0.05, 0) is 64.7 Å². The molecule has 10 heteroatoms. The van der Waals surface area contributed by atoms with Crippen molar-refractivity contribution >= 4 is 46.4 Å². The minimum absolute atomic E-state index is 0.119. The number of carbonyl (C=O) groups is 4. The van der Waals surface area contributed by atoms with Gasteiger partial charge in [-0.2, -0.15) is 0 Å². The summed E-state index contributed by atoms with van der Waals surface area (Å²) in [5.74, 6) is -0.225. The van der Waals surface area contributed by atoms with E-state index in [4.69, 9.17) is 16.3 Å². The summed E-state index contributed by atoms with van der Waals surface area (Å²) < 4.78 is 5.22. The predicted octanol–water partition coefficient (Wildman–Crippen LogP) is 4.29. The Kier molecular flexibility index (Phi) is 10.9. The molecule has 0 aromatic heterocycles. The highest BCUT2D eigenvalue weighted by atomic mass is 35.5. The monoisotopic (exact) mass is 525 g/mol. The number of carbonyl (C=O) groups excluding carboxylic acids is 4. The molecule has 1 fully saturated rings. The van der Waals surface area contributed by atoms with Crippen molar-refractivity contribution in [3.63, 3.8) is 0 Å². The molecule has 0 spiro atoms. The number of rotatable bonds is 9. The Bertz CT molecular complexity index is 903. The quantitative estimate of drug-likeness (QED) is 0.498. The molecular weight excluding hydrogens is 490 g/mol. The van der Waals surface area contributed by atoms with E-state index in [2.05, 4.69) is 10.6 Å². The number of amides is 3. The highest BCUT2D eigenvalue weighted by molar-refractivity contribution is 8.13. The lowest BCUT2D eigenvalue weighted by molar-refractivity contribution is -0.140. The van der Waals surface area contributed by atoms with E-state index >= 15 is 0 Å². The Balaban J connectivity index is 1.96. The Morgan fingerprint density at radius 3 is 2.43 bits per heavy atom. The van der Waals surface area contributed by atoms with Crippen molar-refractivity contribution in [2.75, 3.05) is 6.54 Å². The van der Waals surface area contributed by atoms with Crippen LogP contribution < -0.4 is 10.6 Å². The van der Waals surface area contributed by atoms with Gasteiger partial charge in [-0.1, -0.05) is 48.8 Å². The zero-order valence-corrected chi connectivity index (χ0v) is 22.6. The summed E-state index contributed by atoms with van der Waals surface area (Å²) in [5, 5.41) is 5.91. The molecule has 0 radical (unpaired) electrons. The lowest BCUT2D eigenvalue weighted by Gasteiger charge is -2.29. The van der Waals surface area contributed by atoms with Crippen LogP contribution in [-0.2, 0) is 24.9 Å². The van der Waals surface area contributed by atoms with Gasteiger partial charge in [0.1, 0.15) is 17.7 Å². The van der Waals surface area contributed by atoms with Gasteiger partial charge in [-0.15, -0.1) is 0 Å². The van der Waals surface area contributed by atoms with Crippen LogP contribution in [0.4, 0.5) is 4.79 Å². The first-order valence-corrected chi connectivity index (χ1v) is 13.3. The van der Waals surface area contributed by atoms with E-state index < -0.39 is 29.8 Å². The van der Waals surface area contributed by atoms with Crippen LogP contribution in [0.25, 0.3) is 0 Å². The van der Waals surface area contributed by atoms with Crippen LogP contribution in [0.15, 0.2) is 24.3 Å². The topological polar surface area (TPSA) is 105 Å². The number of nitrogens with one attached hydrogen (secondary N) is 2. The van der Waals surface area contributed by atoms with Gasteiger partial charge in [0.25, 0.3) is 0 Å². The predicted molar refractivity (Wildman–Crippen MR) is 138 cm³/mol. The highest BCUT2D eigenvalue weighted by Gasteiger charge is 2.38. The first-order chi connectivity index (χ1) is 16.4. The molecule has 1 heterocycles. The van der Waals surface area contributed by atoms with Crippen molar-refractivity contribution in [1.29, 1.82) is 0 Å². The van der Waals surface area contributed by atoms with Gasteiger partial charge in [0, 0.05) is 17.3 Å². The van der Waals surface area contributed by atoms with Crippen molar-refractivity contribution in [3.8, 4) is 0 Å². The number of alkyl carbamates (subject to hydrolysis) is 1. The fourth-order valence-electron chi connectivity index (χ4n) is 3.74. The summed E-state index contributed by atoms with van der Waals surface area (Å²) in [4.78, 5) is 52.5. The summed E-state index contributed by atoms with van der Waals surface area (Å²) in [6, 6.07) is 5.12. The average Bonchev–Trinajstić information content (AvgIpc) is 3.26. The second kappa shape index (κ2) is 13.2. The van der Waals surface area contributed by atoms with Gasteiger partial charge in [0.2, 0.25) is 16.9 Å². The minimum atomic E-state index is -0.846. The second-order valence-electron chi connectivity index (χ2n) is 9.64. The van der Waals surface area contributed by atoms with Gasteiger partial charge in [-0.3, -0.25) is 14.4 Å². The van der Waals surface area contributed by atoms with E-state index in [1.54, 1.807) is 39.8 Å². The molecule has 194 valence electrons. The largest absolute Gasteiger partial charge is 0.444 e. The number of thioether (sulfide) groups is 1. The molecule has 2 rings (SSSR count). The number of hydrogen-bond acceptors (Lipinski definition) is 6. The van der Waals surface area contributed by atoms with Crippen LogP contribution in [0.1, 0.15) is 65.9 Å². The molecule has 0 saturated carbocycles. The van der Waals surface area contributed by atoms with Crippen LogP contribution in [-0.4, -0.2) is 58.2 Å². The molecule has 3 amide bonds. The third-order valence-electron chi connectivity index (χ3n) is 5.41. The Morgan fingerprint density at radius 1 is 1.17 bits per heavy atom. The number of hydrogen-bond donors (Lipinski definition) is 2. The first kappa shape index (κ1) is 29.0. The first-order valence-electron chi connectivity index (χ1n) is 11.9. The lowest BCUT2D eigenvalue weighted by atomic mass is 10.1. The van der Waals surface area contributed by atoms with Crippen LogP contribution in [0.3, 0.4) is 0 Å². The van der Waals surface area contributed by atoms with Crippen molar-refractivity contribution in [2.45, 2.75) is 89.8 Å². The van der Waals surface area contributed by atoms with E-state index in [1.807, 2.05) is 19.1 Å². The molecule has 35 heavy (non-hydrogen) atoms. The van der Waals surface area contributed by atoms with Gasteiger partial charge >= 0.3 is 6.09 Å². The van der Waals surface area contributed by atoms with Crippen molar-refractivity contribution in [3.05, 3.63) is 34.9 Å². The van der Waals surface area contributed by atoms with E-state index in [0.717, 1.165) is 23.7 Å². The smallest absolute Gasteiger partial charge is 0.408 e. The molecule has 2 N–H and O–H groups in total. The van der Waals surface area contributed by atoms with E-state index in [9.17, 15) is 19.2 Å². The number of likely N-dealkylation sites (tertiary alicyclic amines) is 1. The maximum Gasteiger partial charge on any atom is 0.408 e. The van der Waals surface area contributed by atoms with Gasteiger partial charge in [0.15, 0.2) is 0 Å². The molecule has 2 unspecified atom stereocenters. The molecule has 1 aromatic rings. The number of benzene rings is 1. The molecule has 1 saturated heterocycles. The summed E-state index contributed by atoms with van der Waals surface area (Å²) in [6.45, 7) is 9.14. The summed E-state index contributed by atoms with van der Waals surface area (Å²) in [5.41, 5.74) is 0.281. The summed E-state index contributed by atoms with van der Waals surface area (Å²) >= 11 is 7.07. The van der Waals surface area contributed by atoms with Gasteiger partial charge in [-0.25, -0.2) is 4.79 Å². The fraction of sp³-hybridized carbons (Fsp3) is 0.600. The van der Waals surface area contributed by atoms with Crippen LogP contribution >= 0.6 is 23.4 Å². The molecule has 3 atom stereocenters. The summed E-state index contributed by atoms with van der Waals surface area (Å²) in [6.07, 6.45) is 1.71. The third-order valence-corrected chi connectivity index (χ3v) is 6.71. The summed E-state index contributed by atoms with van der Waals surface area (Å²) in [7, 11) is 0. The molecular formula is C25H36ClN3O5S. The van der Waals surface area contributed by atoms with Crippen molar-refractivity contribution in [2.24, 2.45) is 0 Å². The third kappa shape index (κ3) is 9.37. The van der Waals surface area contributed by atoms with Crippen LogP contribution in [0.2, 0.25) is 5.02 Å². The van der Waals surface area contributed by atoms with Crippen LogP contribution in [0, 0.1) is 0 Å². The van der Waals surface area contributed by atoms with Gasteiger partial charge in [0.05, 0.1) is 6.04 Å². The van der Waals surface area contributed by atoms with Crippen molar-refractivity contribution in [1.82, 2.24) is 15.5 Å².